The van der Waals surface area contributed by atoms with Gasteiger partial charge in [0.05, 0.1) is 17.3 Å². The molecule has 0 atom stereocenters. The Morgan fingerprint density at radius 1 is 1.32 bits per heavy atom. The molecule has 7 nitrogen and oxygen atoms in total. The molecular formula is C14H19N5O2S. The molecule has 0 saturated heterocycles. The zero-order valence-electron chi connectivity index (χ0n) is 12.4. The summed E-state index contributed by atoms with van der Waals surface area (Å²) in [6.45, 7) is 3.93. The van der Waals surface area contributed by atoms with Crippen molar-refractivity contribution in [3.8, 4) is 0 Å². The fourth-order valence-corrected chi connectivity index (χ4v) is 3.72. The van der Waals surface area contributed by atoms with Gasteiger partial charge in [0.15, 0.2) is 0 Å². The lowest BCUT2D eigenvalue weighted by Gasteiger charge is -2.24. The molecule has 1 aliphatic rings. The van der Waals surface area contributed by atoms with Crippen LogP contribution in [0.5, 0.6) is 0 Å². The molecule has 2 aromatic rings. The molecule has 3 rings (SSSR count). The Hall–Kier alpha value is -1.74. The number of benzene rings is 1. The second-order valence-corrected chi connectivity index (χ2v) is 7.25. The molecule has 3 N–H and O–H groups in total. The van der Waals surface area contributed by atoms with Crippen LogP contribution < -0.4 is 11.3 Å². The first-order valence-electron chi connectivity index (χ1n) is 7.06. The number of nitrogens with two attached hydrogens (primary N) is 1. The SMILES string of the molecule is Cc1ccc(S(=O)(=O)n2cc3c(n2)CCN(CNN)C3)cc1. The minimum Gasteiger partial charge on any atom is -0.285 e. The van der Waals surface area contributed by atoms with Gasteiger partial charge in [0.2, 0.25) is 0 Å². The summed E-state index contributed by atoms with van der Waals surface area (Å²) in [5, 5.41) is 4.27. The first kappa shape index (κ1) is 15.2. The fourth-order valence-electron chi connectivity index (χ4n) is 2.55. The van der Waals surface area contributed by atoms with Crippen LogP contribution in [0.2, 0.25) is 0 Å². The Labute approximate surface area is 129 Å². The molecule has 22 heavy (non-hydrogen) atoms. The van der Waals surface area contributed by atoms with Gasteiger partial charge < -0.3 is 0 Å². The van der Waals surface area contributed by atoms with Gasteiger partial charge in [-0.25, -0.2) is 5.43 Å². The van der Waals surface area contributed by atoms with E-state index in [1.807, 2.05) is 6.92 Å². The predicted molar refractivity (Wildman–Crippen MR) is 82.3 cm³/mol. The van der Waals surface area contributed by atoms with Crippen LogP contribution in [0.3, 0.4) is 0 Å². The predicted octanol–water partition coefficient (Wildman–Crippen LogP) is 0.207. The molecule has 0 fully saturated rings. The highest BCUT2D eigenvalue weighted by atomic mass is 32.2. The molecule has 0 spiro atoms. The van der Waals surface area contributed by atoms with Crippen molar-refractivity contribution in [1.29, 1.82) is 0 Å². The number of aryl methyl sites for hydroxylation is 1. The lowest BCUT2D eigenvalue weighted by atomic mass is 10.1. The van der Waals surface area contributed by atoms with Crippen molar-refractivity contribution < 1.29 is 8.42 Å². The molecule has 0 unspecified atom stereocenters. The Balaban J connectivity index is 1.92. The van der Waals surface area contributed by atoms with Gasteiger partial charge in [-0.1, -0.05) is 17.7 Å². The van der Waals surface area contributed by atoms with Gasteiger partial charge in [-0.3, -0.25) is 10.7 Å². The van der Waals surface area contributed by atoms with Gasteiger partial charge in [0.25, 0.3) is 10.0 Å². The lowest BCUT2D eigenvalue weighted by Crippen LogP contribution is -2.40. The van der Waals surface area contributed by atoms with Crippen LogP contribution in [-0.2, 0) is 23.0 Å². The second kappa shape index (κ2) is 5.81. The van der Waals surface area contributed by atoms with E-state index < -0.39 is 10.0 Å². The van der Waals surface area contributed by atoms with E-state index in [2.05, 4.69) is 15.4 Å². The number of hydrazine groups is 1. The second-order valence-electron chi connectivity index (χ2n) is 5.46. The smallest absolute Gasteiger partial charge is 0.282 e. The molecule has 0 amide bonds. The average molecular weight is 321 g/mol. The molecule has 2 heterocycles. The topological polar surface area (TPSA) is 93.2 Å². The van der Waals surface area contributed by atoms with Gasteiger partial charge in [-0.15, -0.1) is 0 Å². The highest BCUT2D eigenvalue weighted by Gasteiger charge is 2.24. The molecule has 0 aliphatic carbocycles. The van der Waals surface area contributed by atoms with E-state index >= 15 is 0 Å². The average Bonchev–Trinajstić information content (AvgIpc) is 2.92. The zero-order valence-corrected chi connectivity index (χ0v) is 13.2. The summed E-state index contributed by atoms with van der Waals surface area (Å²) in [4.78, 5) is 2.35. The zero-order chi connectivity index (χ0) is 15.7. The molecule has 0 radical (unpaired) electrons. The summed E-state index contributed by atoms with van der Waals surface area (Å²) in [6, 6.07) is 6.78. The monoisotopic (exact) mass is 321 g/mol. The molecular weight excluding hydrogens is 302 g/mol. The standard InChI is InChI=1S/C14H19N5O2S/c1-11-2-4-13(5-3-11)22(20,21)19-9-12-8-18(10-16-15)7-6-14(12)17-19/h2-5,9,16H,6-8,10,15H2,1H3. The van der Waals surface area contributed by atoms with Crippen LogP contribution in [-0.4, -0.2) is 35.7 Å². The van der Waals surface area contributed by atoms with Crippen molar-refractivity contribution in [3.05, 3.63) is 47.3 Å². The van der Waals surface area contributed by atoms with Crippen LogP contribution in [0.25, 0.3) is 0 Å². The summed E-state index contributed by atoms with van der Waals surface area (Å²) in [6.07, 6.45) is 2.32. The van der Waals surface area contributed by atoms with Crippen molar-refractivity contribution >= 4 is 10.0 Å². The van der Waals surface area contributed by atoms with Crippen molar-refractivity contribution in [2.75, 3.05) is 13.2 Å². The normalized spacial score (nSPS) is 15.7. The number of hydrogen-bond donors (Lipinski definition) is 2. The quantitative estimate of drug-likeness (QED) is 0.617. The summed E-state index contributed by atoms with van der Waals surface area (Å²) >= 11 is 0. The van der Waals surface area contributed by atoms with E-state index in [-0.39, 0.29) is 4.90 Å². The van der Waals surface area contributed by atoms with Crippen LogP contribution in [0.15, 0.2) is 35.4 Å². The van der Waals surface area contributed by atoms with Crippen molar-refractivity contribution in [2.45, 2.75) is 24.8 Å². The number of nitrogens with zero attached hydrogens (tertiary/aromatic N) is 3. The van der Waals surface area contributed by atoms with Gasteiger partial charge in [0, 0.05) is 31.3 Å². The highest BCUT2D eigenvalue weighted by Crippen LogP contribution is 2.20. The van der Waals surface area contributed by atoms with E-state index in [9.17, 15) is 8.42 Å². The number of rotatable bonds is 4. The first-order valence-corrected chi connectivity index (χ1v) is 8.50. The minimum absolute atomic E-state index is 0.249. The van der Waals surface area contributed by atoms with Crippen molar-refractivity contribution in [2.24, 2.45) is 5.84 Å². The van der Waals surface area contributed by atoms with Gasteiger partial charge in [0.1, 0.15) is 0 Å². The lowest BCUT2D eigenvalue weighted by molar-refractivity contribution is 0.235. The van der Waals surface area contributed by atoms with Crippen LogP contribution in [0.4, 0.5) is 0 Å². The third-order valence-corrected chi connectivity index (χ3v) is 5.34. The number of hydrogen-bond acceptors (Lipinski definition) is 6. The largest absolute Gasteiger partial charge is 0.285 e. The van der Waals surface area contributed by atoms with Crippen LogP contribution in [0.1, 0.15) is 16.8 Å². The van der Waals surface area contributed by atoms with E-state index in [1.54, 1.807) is 30.5 Å². The van der Waals surface area contributed by atoms with Gasteiger partial charge in [-0.05, 0) is 19.1 Å². The Morgan fingerprint density at radius 3 is 2.73 bits per heavy atom. The van der Waals surface area contributed by atoms with Crippen LogP contribution >= 0.6 is 0 Å². The van der Waals surface area contributed by atoms with Gasteiger partial charge >= 0.3 is 0 Å². The number of aromatic nitrogens is 2. The van der Waals surface area contributed by atoms with Crippen molar-refractivity contribution in [1.82, 2.24) is 19.5 Å². The minimum atomic E-state index is -3.63. The molecule has 1 aromatic carbocycles. The van der Waals surface area contributed by atoms with Crippen molar-refractivity contribution in [3.63, 3.8) is 0 Å². The number of nitrogens with one attached hydrogen (secondary N) is 1. The number of fused-ring (bicyclic) bond motifs is 1. The maximum absolute atomic E-state index is 12.6. The van der Waals surface area contributed by atoms with E-state index in [1.165, 1.54) is 0 Å². The molecule has 8 heteroatoms. The highest BCUT2D eigenvalue weighted by molar-refractivity contribution is 7.89. The maximum atomic E-state index is 12.6. The third-order valence-electron chi connectivity index (χ3n) is 3.79. The summed E-state index contributed by atoms with van der Waals surface area (Å²) in [5.41, 5.74) is 5.40. The third kappa shape index (κ3) is 2.78. The molecule has 0 bridgehead atoms. The summed E-state index contributed by atoms with van der Waals surface area (Å²) in [5.74, 6) is 5.33. The molecule has 0 saturated carbocycles. The van der Waals surface area contributed by atoms with E-state index in [0.717, 1.165) is 27.5 Å². The first-order chi connectivity index (χ1) is 10.5. The van der Waals surface area contributed by atoms with Gasteiger partial charge in [-0.2, -0.15) is 17.6 Å². The van der Waals surface area contributed by atoms with Crippen LogP contribution in [0, 0.1) is 6.92 Å². The molecule has 1 aliphatic heterocycles. The Bertz CT molecular complexity index is 767. The Kier molecular flexibility index (Phi) is 4.00. The molecule has 1 aromatic heterocycles. The fraction of sp³-hybridized carbons (Fsp3) is 0.357. The summed E-state index contributed by atoms with van der Waals surface area (Å²) in [7, 11) is -3.63. The molecule has 118 valence electrons. The van der Waals surface area contributed by atoms with E-state index in [0.29, 0.717) is 19.6 Å². The Morgan fingerprint density at radius 2 is 2.05 bits per heavy atom. The van der Waals surface area contributed by atoms with E-state index in [4.69, 9.17) is 5.84 Å². The summed E-state index contributed by atoms with van der Waals surface area (Å²) < 4.78 is 26.3. The maximum Gasteiger partial charge on any atom is 0.282 e.